The molecule has 0 radical (unpaired) electrons. The highest BCUT2D eigenvalue weighted by Gasteiger charge is 2.26. The lowest BCUT2D eigenvalue weighted by molar-refractivity contribution is -0.119. The van der Waals surface area contributed by atoms with Crippen molar-refractivity contribution in [2.45, 2.75) is 38.8 Å². The van der Waals surface area contributed by atoms with E-state index in [1.54, 1.807) is 13.3 Å². The summed E-state index contributed by atoms with van der Waals surface area (Å²) in [5, 5.41) is 3.04. The monoisotopic (exact) mass is 289 g/mol. The first-order valence-electron chi connectivity index (χ1n) is 7.67. The summed E-state index contributed by atoms with van der Waals surface area (Å²) in [4.78, 5) is 24.9. The molecule has 2 aliphatic rings. The highest BCUT2D eigenvalue weighted by molar-refractivity contribution is 5.73. The first-order valence-corrected chi connectivity index (χ1v) is 7.67. The molecule has 6 nitrogen and oxygen atoms in total. The van der Waals surface area contributed by atoms with E-state index in [1.807, 2.05) is 0 Å². The van der Waals surface area contributed by atoms with Crippen LogP contribution in [0.25, 0.3) is 0 Å². The van der Waals surface area contributed by atoms with E-state index in [4.69, 9.17) is 0 Å². The number of likely N-dealkylation sites (N-methyl/N-ethyl adjacent to an activating group) is 1. The number of fused-ring (bicyclic) bond motifs is 1. The summed E-state index contributed by atoms with van der Waals surface area (Å²) in [5.41, 5.74) is 2.44. The molecule has 0 unspecified atom stereocenters. The molecule has 1 saturated heterocycles. The Morgan fingerprint density at radius 3 is 3.05 bits per heavy atom. The Kier molecular flexibility index (Phi) is 4.05. The highest BCUT2D eigenvalue weighted by Crippen LogP contribution is 2.27. The summed E-state index contributed by atoms with van der Waals surface area (Å²) in [6, 6.07) is 0.225. The normalized spacial score (nSPS) is 22.8. The average molecular weight is 289 g/mol. The molecule has 3 rings (SSSR count). The van der Waals surface area contributed by atoms with Crippen LogP contribution in [-0.2, 0) is 17.8 Å². The van der Waals surface area contributed by atoms with Crippen molar-refractivity contribution in [3.8, 4) is 0 Å². The molecule has 21 heavy (non-hydrogen) atoms. The molecular formula is C15H23N5O. The van der Waals surface area contributed by atoms with E-state index >= 15 is 0 Å². The molecule has 3 heterocycles. The molecule has 1 aromatic rings. The zero-order chi connectivity index (χ0) is 14.8. The van der Waals surface area contributed by atoms with Crippen molar-refractivity contribution in [1.82, 2.24) is 20.2 Å². The number of hydrogen-bond acceptors (Lipinski definition) is 5. The molecule has 0 saturated carbocycles. The van der Waals surface area contributed by atoms with Gasteiger partial charge in [0.1, 0.15) is 12.1 Å². The number of nitrogens with one attached hydrogen (secondary N) is 1. The van der Waals surface area contributed by atoms with Crippen molar-refractivity contribution < 1.29 is 4.79 Å². The quantitative estimate of drug-likeness (QED) is 0.862. The molecule has 1 N–H and O–H groups in total. The number of rotatable bonds is 2. The van der Waals surface area contributed by atoms with Crippen LogP contribution in [-0.4, -0.2) is 53.5 Å². The van der Waals surface area contributed by atoms with Crippen LogP contribution in [0.5, 0.6) is 0 Å². The lowest BCUT2D eigenvalue weighted by atomic mass is 10.0. The number of anilines is 1. The van der Waals surface area contributed by atoms with Gasteiger partial charge in [-0.1, -0.05) is 0 Å². The Morgan fingerprint density at radius 2 is 2.24 bits per heavy atom. The molecule has 0 aromatic carbocycles. The van der Waals surface area contributed by atoms with Gasteiger partial charge in [0.05, 0.1) is 5.69 Å². The van der Waals surface area contributed by atoms with E-state index in [9.17, 15) is 4.79 Å². The topological polar surface area (TPSA) is 61.4 Å². The number of aromatic nitrogens is 2. The van der Waals surface area contributed by atoms with Gasteiger partial charge in [-0.15, -0.1) is 0 Å². The van der Waals surface area contributed by atoms with Crippen LogP contribution in [0.3, 0.4) is 0 Å². The number of piperidine rings is 1. The van der Waals surface area contributed by atoms with Crippen LogP contribution in [0.2, 0.25) is 0 Å². The van der Waals surface area contributed by atoms with Gasteiger partial charge in [-0.3, -0.25) is 4.79 Å². The lowest BCUT2D eigenvalue weighted by Gasteiger charge is -2.36. The fraction of sp³-hybridized carbons (Fsp3) is 0.667. The molecule has 2 aliphatic heterocycles. The molecular weight excluding hydrogens is 266 g/mol. The van der Waals surface area contributed by atoms with E-state index in [2.05, 4.69) is 32.1 Å². The number of hydrogen-bond donors (Lipinski definition) is 1. The lowest BCUT2D eigenvalue weighted by Crippen LogP contribution is -2.48. The molecule has 6 heteroatoms. The Labute approximate surface area is 125 Å². The molecule has 1 amide bonds. The van der Waals surface area contributed by atoms with E-state index in [0.717, 1.165) is 51.3 Å². The summed E-state index contributed by atoms with van der Waals surface area (Å²) in [6.07, 6.45) is 4.80. The minimum atomic E-state index is 0.0475. The first kappa shape index (κ1) is 14.3. The van der Waals surface area contributed by atoms with Crippen molar-refractivity contribution in [2.75, 3.05) is 31.6 Å². The predicted octanol–water partition coefficient (Wildman–Crippen LogP) is 0.569. The minimum absolute atomic E-state index is 0.0475. The minimum Gasteiger partial charge on any atom is -0.354 e. The van der Waals surface area contributed by atoms with E-state index in [0.29, 0.717) is 0 Å². The molecule has 0 bridgehead atoms. The maximum Gasteiger partial charge on any atom is 0.217 e. The second-order valence-corrected chi connectivity index (χ2v) is 6.10. The summed E-state index contributed by atoms with van der Waals surface area (Å²) in [7, 11) is 2.13. The standard InChI is InChI=1S/C15H23N5O/c1-11(21)18-12-4-3-6-20(8-12)15-13-9-19(2)7-5-14(13)16-10-17-15/h10,12H,3-9H2,1-2H3,(H,18,21)/t12-/m1/s1. The van der Waals surface area contributed by atoms with Crippen molar-refractivity contribution >= 4 is 11.7 Å². The van der Waals surface area contributed by atoms with Gasteiger partial charge >= 0.3 is 0 Å². The van der Waals surface area contributed by atoms with Crippen molar-refractivity contribution in [2.24, 2.45) is 0 Å². The maximum absolute atomic E-state index is 11.3. The zero-order valence-electron chi connectivity index (χ0n) is 12.8. The molecule has 114 valence electrons. The van der Waals surface area contributed by atoms with Crippen LogP contribution in [0.15, 0.2) is 6.33 Å². The van der Waals surface area contributed by atoms with Gasteiger partial charge in [-0.05, 0) is 19.9 Å². The van der Waals surface area contributed by atoms with Gasteiger partial charge in [0.15, 0.2) is 0 Å². The Balaban J connectivity index is 1.81. The summed E-state index contributed by atoms with van der Waals surface area (Å²) < 4.78 is 0. The van der Waals surface area contributed by atoms with Gasteiger partial charge in [-0.2, -0.15) is 0 Å². The van der Waals surface area contributed by atoms with E-state index in [-0.39, 0.29) is 11.9 Å². The van der Waals surface area contributed by atoms with E-state index in [1.165, 1.54) is 11.3 Å². The summed E-state index contributed by atoms with van der Waals surface area (Å²) in [5.74, 6) is 1.10. The third-order valence-corrected chi connectivity index (χ3v) is 4.30. The van der Waals surface area contributed by atoms with E-state index < -0.39 is 0 Å². The van der Waals surface area contributed by atoms with Gasteiger partial charge in [0, 0.05) is 51.1 Å². The smallest absolute Gasteiger partial charge is 0.217 e. The second-order valence-electron chi connectivity index (χ2n) is 6.10. The predicted molar refractivity (Wildman–Crippen MR) is 81.1 cm³/mol. The molecule has 1 atom stereocenters. The van der Waals surface area contributed by atoms with Crippen molar-refractivity contribution in [3.05, 3.63) is 17.6 Å². The maximum atomic E-state index is 11.3. The third-order valence-electron chi connectivity index (χ3n) is 4.30. The van der Waals surface area contributed by atoms with Crippen molar-refractivity contribution in [3.63, 3.8) is 0 Å². The van der Waals surface area contributed by atoms with Gasteiger partial charge in [0.2, 0.25) is 5.91 Å². The number of carbonyl (C=O) groups excluding carboxylic acids is 1. The van der Waals surface area contributed by atoms with Gasteiger partial charge in [0.25, 0.3) is 0 Å². The fourth-order valence-electron chi connectivity index (χ4n) is 3.31. The molecule has 1 fully saturated rings. The zero-order valence-corrected chi connectivity index (χ0v) is 12.8. The first-order chi connectivity index (χ1) is 10.1. The van der Waals surface area contributed by atoms with Gasteiger partial charge < -0.3 is 15.1 Å². The average Bonchev–Trinajstić information content (AvgIpc) is 2.46. The fourth-order valence-corrected chi connectivity index (χ4v) is 3.31. The number of carbonyl (C=O) groups is 1. The van der Waals surface area contributed by atoms with Gasteiger partial charge in [-0.25, -0.2) is 9.97 Å². The van der Waals surface area contributed by atoms with Crippen LogP contribution < -0.4 is 10.2 Å². The third kappa shape index (κ3) is 3.15. The Morgan fingerprint density at radius 1 is 1.38 bits per heavy atom. The molecule has 0 spiro atoms. The summed E-state index contributed by atoms with van der Waals surface area (Å²) in [6.45, 7) is 5.39. The van der Waals surface area contributed by atoms with Crippen LogP contribution >= 0.6 is 0 Å². The SMILES string of the molecule is CC(=O)N[C@@H]1CCCN(c2ncnc3c2CN(C)CC3)C1. The summed E-state index contributed by atoms with van der Waals surface area (Å²) >= 11 is 0. The van der Waals surface area contributed by atoms with Crippen LogP contribution in [0.4, 0.5) is 5.82 Å². The number of nitrogens with zero attached hydrogens (tertiary/aromatic N) is 4. The highest BCUT2D eigenvalue weighted by atomic mass is 16.1. The molecule has 1 aromatic heterocycles. The molecule has 0 aliphatic carbocycles. The van der Waals surface area contributed by atoms with Crippen molar-refractivity contribution in [1.29, 1.82) is 0 Å². The van der Waals surface area contributed by atoms with Crippen LogP contribution in [0, 0.1) is 0 Å². The second kappa shape index (κ2) is 5.97. The van der Waals surface area contributed by atoms with Crippen LogP contribution in [0.1, 0.15) is 31.0 Å². The Bertz CT molecular complexity index is 533. The largest absolute Gasteiger partial charge is 0.354 e. The Hall–Kier alpha value is -1.69. The number of amides is 1.